The van der Waals surface area contributed by atoms with Gasteiger partial charge in [0.05, 0.1) is 11.4 Å². The third-order valence-corrected chi connectivity index (χ3v) is 6.74. The Morgan fingerprint density at radius 1 is 1.14 bits per heavy atom. The Balaban J connectivity index is 1.53. The van der Waals surface area contributed by atoms with Crippen LogP contribution in [0.5, 0.6) is 0 Å². The number of rotatable bonds is 8. The summed E-state index contributed by atoms with van der Waals surface area (Å²) in [6, 6.07) is 6.69. The number of allylic oxidation sites excluding steroid dienone is 1. The average molecular weight is 503 g/mol. The maximum Gasteiger partial charge on any atom is 0.421 e. The highest BCUT2D eigenvalue weighted by molar-refractivity contribution is 6.01. The van der Waals surface area contributed by atoms with Crippen LogP contribution in [0.15, 0.2) is 42.6 Å². The molecule has 194 valence electrons. The van der Waals surface area contributed by atoms with Crippen molar-refractivity contribution in [3.8, 4) is 0 Å². The molecule has 0 radical (unpaired) electrons. The molecule has 1 aromatic heterocycles. The molecule has 1 aliphatic heterocycles. The number of anilines is 4. The number of carbonyl (C=O) groups excluding carboxylic acids is 1. The normalized spacial score (nSPS) is 19.5. The number of aromatic nitrogens is 2. The summed E-state index contributed by atoms with van der Waals surface area (Å²) in [6.45, 7) is 4.79. The number of hydrogen-bond donors (Lipinski definition) is 3. The zero-order chi connectivity index (χ0) is 25.5. The number of likely N-dealkylation sites (tertiary alicyclic amines) is 1. The lowest BCUT2D eigenvalue weighted by Gasteiger charge is -2.32. The summed E-state index contributed by atoms with van der Waals surface area (Å²) in [5.41, 5.74) is -0.301. The maximum absolute atomic E-state index is 13.8. The van der Waals surface area contributed by atoms with Gasteiger partial charge < -0.3 is 20.9 Å². The molecule has 1 atom stereocenters. The fourth-order valence-electron chi connectivity index (χ4n) is 4.77. The van der Waals surface area contributed by atoms with E-state index >= 15 is 0 Å². The number of hydrogen-bond acceptors (Lipinski definition) is 6. The van der Waals surface area contributed by atoms with E-state index in [0.717, 1.165) is 64.4 Å². The molecule has 3 N–H and O–H groups in total. The summed E-state index contributed by atoms with van der Waals surface area (Å²) in [7, 11) is 0. The van der Waals surface area contributed by atoms with Crippen LogP contribution in [0.25, 0.3) is 0 Å². The lowest BCUT2D eigenvalue weighted by molar-refractivity contribution is -0.137. The van der Waals surface area contributed by atoms with Crippen LogP contribution in [0, 0.1) is 5.92 Å². The van der Waals surface area contributed by atoms with Crippen LogP contribution in [0.3, 0.4) is 0 Å². The number of piperidine rings is 1. The van der Waals surface area contributed by atoms with Gasteiger partial charge in [-0.25, -0.2) is 4.98 Å². The SMILES string of the molecule is CCN1CCC[C@H](Nc2ncc(C(F)(F)F)c(Nc3ccccc3NC(=O)/C=C/C3CCCC3)n2)C1. The monoisotopic (exact) mass is 502 g/mol. The van der Waals surface area contributed by atoms with Gasteiger partial charge in [0.2, 0.25) is 11.9 Å². The van der Waals surface area contributed by atoms with E-state index < -0.39 is 11.7 Å². The van der Waals surface area contributed by atoms with Crippen molar-refractivity contribution < 1.29 is 18.0 Å². The van der Waals surface area contributed by atoms with Gasteiger partial charge in [-0.3, -0.25) is 4.79 Å². The molecule has 4 rings (SSSR count). The molecule has 0 spiro atoms. The topological polar surface area (TPSA) is 82.2 Å². The second-order valence-corrected chi connectivity index (χ2v) is 9.39. The van der Waals surface area contributed by atoms with E-state index in [9.17, 15) is 18.0 Å². The summed E-state index contributed by atoms with van der Waals surface area (Å²) in [5, 5.41) is 8.75. The zero-order valence-electron chi connectivity index (χ0n) is 20.4. The number of carbonyl (C=O) groups is 1. The number of para-hydroxylation sites is 2. The van der Waals surface area contributed by atoms with E-state index in [1.54, 1.807) is 24.3 Å². The molecule has 0 unspecified atom stereocenters. The van der Waals surface area contributed by atoms with Crippen LogP contribution >= 0.6 is 0 Å². The molecule has 10 heteroatoms. The number of benzene rings is 1. The molecule has 0 bridgehead atoms. The largest absolute Gasteiger partial charge is 0.421 e. The average Bonchev–Trinajstić information content (AvgIpc) is 3.37. The first-order valence-electron chi connectivity index (χ1n) is 12.6. The van der Waals surface area contributed by atoms with Crippen LogP contribution in [0.1, 0.15) is 51.0 Å². The second kappa shape index (κ2) is 11.7. The van der Waals surface area contributed by atoms with Crippen molar-refractivity contribution in [2.75, 3.05) is 35.6 Å². The molecule has 2 heterocycles. The standard InChI is InChI=1S/C26H33F3N6O/c1-2-35-15-7-10-19(17-35)31-25-30-16-20(26(27,28)29)24(34-25)33-22-12-6-5-11-21(22)32-23(36)14-13-18-8-3-4-9-18/h5-6,11-14,16,18-19H,2-4,7-10,15,17H2,1H3,(H,32,36)(H2,30,31,33,34)/b14-13+/t19-/m0/s1. The molecule has 36 heavy (non-hydrogen) atoms. The minimum absolute atomic E-state index is 0.0570. The van der Waals surface area contributed by atoms with Crippen molar-refractivity contribution in [1.82, 2.24) is 14.9 Å². The smallest absolute Gasteiger partial charge is 0.350 e. The molecule has 1 saturated carbocycles. The van der Waals surface area contributed by atoms with E-state index in [4.69, 9.17) is 0 Å². The molecule has 1 aliphatic carbocycles. The molecular formula is C26H33F3N6O. The number of likely N-dealkylation sites (N-methyl/N-ethyl adjacent to an activating group) is 1. The third kappa shape index (κ3) is 6.96. The highest BCUT2D eigenvalue weighted by Gasteiger charge is 2.36. The van der Waals surface area contributed by atoms with Crippen molar-refractivity contribution in [2.45, 2.75) is 57.7 Å². The molecule has 1 amide bonds. The van der Waals surface area contributed by atoms with E-state index in [0.29, 0.717) is 17.3 Å². The van der Waals surface area contributed by atoms with Crippen molar-refractivity contribution in [1.29, 1.82) is 0 Å². The quantitative estimate of drug-likeness (QED) is 0.395. The van der Waals surface area contributed by atoms with Crippen molar-refractivity contribution in [2.24, 2.45) is 5.92 Å². The van der Waals surface area contributed by atoms with Gasteiger partial charge in [0.25, 0.3) is 0 Å². The second-order valence-electron chi connectivity index (χ2n) is 9.39. The van der Waals surface area contributed by atoms with Crippen LogP contribution in [0.2, 0.25) is 0 Å². The molecule has 7 nitrogen and oxygen atoms in total. The number of alkyl halides is 3. The zero-order valence-corrected chi connectivity index (χ0v) is 20.4. The van der Waals surface area contributed by atoms with E-state index in [-0.39, 0.29) is 23.7 Å². The lowest BCUT2D eigenvalue weighted by Crippen LogP contribution is -2.42. The summed E-state index contributed by atoms with van der Waals surface area (Å²) in [5.74, 6) is -0.158. The summed E-state index contributed by atoms with van der Waals surface area (Å²) in [4.78, 5) is 22.9. The fourth-order valence-corrected chi connectivity index (χ4v) is 4.77. The molecule has 1 aromatic carbocycles. The molecular weight excluding hydrogens is 469 g/mol. The van der Waals surface area contributed by atoms with E-state index in [2.05, 4.69) is 37.7 Å². The van der Waals surface area contributed by atoms with Gasteiger partial charge in [-0.2, -0.15) is 18.2 Å². The fraction of sp³-hybridized carbons (Fsp3) is 0.500. The minimum atomic E-state index is -4.65. The molecule has 2 aliphatic rings. The Morgan fingerprint density at radius 3 is 2.61 bits per heavy atom. The van der Waals surface area contributed by atoms with Crippen molar-refractivity contribution >= 4 is 29.0 Å². The summed E-state index contributed by atoms with van der Waals surface area (Å²) < 4.78 is 41.3. The Hall–Kier alpha value is -3.14. The number of amides is 1. The lowest BCUT2D eigenvalue weighted by atomic mass is 10.1. The maximum atomic E-state index is 13.8. The summed E-state index contributed by atoms with van der Waals surface area (Å²) in [6.07, 6.45) is 5.93. The number of halogens is 3. The third-order valence-electron chi connectivity index (χ3n) is 6.74. The van der Waals surface area contributed by atoms with Crippen LogP contribution in [-0.4, -0.2) is 46.5 Å². The molecule has 2 fully saturated rings. The first-order valence-corrected chi connectivity index (χ1v) is 12.6. The molecule has 2 aromatic rings. The predicted octanol–water partition coefficient (Wildman–Crippen LogP) is 5.82. The van der Waals surface area contributed by atoms with Gasteiger partial charge in [0.15, 0.2) is 0 Å². The van der Waals surface area contributed by atoms with Gasteiger partial charge in [-0.05, 0) is 62.9 Å². The van der Waals surface area contributed by atoms with Gasteiger partial charge in [-0.15, -0.1) is 0 Å². The minimum Gasteiger partial charge on any atom is -0.350 e. The van der Waals surface area contributed by atoms with Crippen LogP contribution < -0.4 is 16.0 Å². The van der Waals surface area contributed by atoms with E-state index in [1.165, 1.54) is 6.08 Å². The van der Waals surface area contributed by atoms with Crippen LogP contribution in [0.4, 0.5) is 36.3 Å². The van der Waals surface area contributed by atoms with Crippen molar-refractivity contribution in [3.05, 3.63) is 48.2 Å². The first-order chi connectivity index (χ1) is 17.3. The van der Waals surface area contributed by atoms with Gasteiger partial charge in [-0.1, -0.05) is 38.0 Å². The Kier molecular flexibility index (Phi) is 8.45. The number of nitrogens with zero attached hydrogens (tertiary/aromatic N) is 3. The Bertz CT molecular complexity index is 1070. The highest BCUT2D eigenvalue weighted by atomic mass is 19.4. The van der Waals surface area contributed by atoms with Gasteiger partial charge in [0.1, 0.15) is 11.4 Å². The first kappa shape index (κ1) is 25.9. The van der Waals surface area contributed by atoms with E-state index in [1.807, 2.05) is 6.08 Å². The van der Waals surface area contributed by atoms with Gasteiger partial charge in [0, 0.05) is 18.8 Å². The van der Waals surface area contributed by atoms with Gasteiger partial charge >= 0.3 is 6.18 Å². The van der Waals surface area contributed by atoms with Crippen molar-refractivity contribution in [3.63, 3.8) is 0 Å². The summed E-state index contributed by atoms with van der Waals surface area (Å²) >= 11 is 0. The Labute approximate surface area is 209 Å². The Morgan fingerprint density at radius 2 is 1.89 bits per heavy atom. The number of nitrogens with one attached hydrogen (secondary N) is 3. The highest BCUT2D eigenvalue weighted by Crippen LogP contribution is 2.36. The van der Waals surface area contributed by atoms with Crippen LogP contribution in [-0.2, 0) is 11.0 Å². The molecule has 1 saturated heterocycles. The predicted molar refractivity (Wildman–Crippen MR) is 135 cm³/mol.